The van der Waals surface area contributed by atoms with Crippen LogP contribution in [-0.4, -0.2) is 21.2 Å². The number of halogens is 1. The van der Waals surface area contributed by atoms with E-state index >= 15 is 0 Å². The van der Waals surface area contributed by atoms with Crippen LogP contribution < -0.4 is 4.74 Å². The molecule has 0 atom stereocenters. The number of hydrogen-bond donors (Lipinski definition) is 0. The van der Waals surface area contributed by atoms with Gasteiger partial charge < -0.3 is 4.74 Å². The fourth-order valence-electron chi connectivity index (χ4n) is 2.26. The van der Waals surface area contributed by atoms with Gasteiger partial charge in [0.2, 0.25) is 0 Å². The van der Waals surface area contributed by atoms with Crippen LogP contribution in [0.1, 0.15) is 19.5 Å². The number of hydrogen-bond acceptors (Lipinski definition) is 3. The average molecular weight is 302 g/mol. The Kier molecular flexibility index (Phi) is 3.80. The molecule has 5 heteroatoms. The second kappa shape index (κ2) is 5.74. The van der Waals surface area contributed by atoms with E-state index in [0.29, 0.717) is 11.8 Å². The minimum atomic E-state index is 0.567. The molecule has 3 rings (SSSR count). The topological polar surface area (TPSA) is 39.4 Å². The Bertz CT molecular complexity index is 782. The van der Waals surface area contributed by atoms with E-state index in [1.54, 1.807) is 4.52 Å². The lowest BCUT2D eigenvalue weighted by molar-refractivity contribution is 0.341. The van der Waals surface area contributed by atoms with Crippen molar-refractivity contribution in [3.8, 4) is 17.0 Å². The normalized spacial score (nSPS) is 11.0. The zero-order valence-corrected chi connectivity index (χ0v) is 12.8. The van der Waals surface area contributed by atoms with Crippen LogP contribution in [0.25, 0.3) is 16.9 Å². The Labute approximate surface area is 128 Å². The van der Waals surface area contributed by atoms with Gasteiger partial charge in [0.15, 0.2) is 5.65 Å². The first-order chi connectivity index (χ1) is 10.2. The molecule has 0 aliphatic heterocycles. The van der Waals surface area contributed by atoms with Gasteiger partial charge in [-0.05, 0) is 31.5 Å². The number of para-hydroxylation sites is 1. The minimum absolute atomic E-state index is 0.567. The van der Waals surface area contributed by atoms with E-state index in [-0.39, 0.29) is 0 Å². The van der Waals surface area contributed by atoms with Gasteiger partial charge in [-0.15, -0.1) is 0 Å². The van der Waals surface area contributed by atoms with Crippen LogP contribution in [-0.2, 0) is 6.42 Å². The van der Waals surface area contributed by atoms with Crippen molar-refractivity contribution in [1.82, 2.24) is 14.6 Å². The number of rotatable bonds is 4. The molecule has 0 spiro atoms. The summed E-state index contributed by atoms with van der Waals surface area (Å²) < 4.78 is 7.31. The van der Waals surface area contributed by atoms with Gasteiger partial charge in [-0.2, -0.15) is 5.10 Å². The third-order valence-corrected chi connectivity index (χ3v) is 3.53. The Morgan fingerprint density at radius 3 is 2.76 bits per heavy atom. The molecule has 0 radical (unpaired) electrons. The summed E-state index contributed by atoms with van der Waals surface area (Å²) in [4.78, 5) is 4.55. The van der Waals surface area contributed by atoms with Gasteiger partial charge in [-0.1, -0.05) is 30.7 Å². The second-order valence-electron chi connectivity index (χ2n) is 4.65. The predicted octanol–water partition coefficient (Wildman–Crippen LogP) is 4.01. The molecule has 0 amide bonds. The summed E-state index contributed by atoms with van der Waals surface area (Å²) >= 11 is 6.27. The van der Waals surface area contributed by atoms with Gasteiger partial charge in [0.05, 0.1) is 12.3 Å². The van der Waals surface area contributed by atoms with Crippen LogP contribution in [0.3, 0.4) is 0 Å². The Morgan fingerprint density at radius 1 is 1.19 bits per heavy atom. The van der Waals surface area contributed by atoms with Crippen LogP contribution in [0.15, 0.2) is 36.4 Å². The lowest BCUT2D eigenvalue weighted by atomic mass is 10.1. The van der Waals surface area contributed by atoms with Crippen molar-refractivity contribution in [3.63, 3.8) is 0 Å². The number of ether oxygens (including phenoxy) is 1. The highest BCUT2D eigenvalue weighted by molar-refractivity contribution is 6.29. The van der Waals surface area contributed by atoms with Crippen molar-refractivity contribution in [2.24, 2.45) is 0 Å². The van der Waals surface area contributed by atoms with E-state index in [1.807, 2.05) is 43.3 Å². The summed E-state index contributed by atoms with van der Waals surface area (Å²) in [6.07, 6.45) is 0.840. The minimum Gasteiger partial charge on any atom is -0.493 e. The first-order valence-electron chi connectivity index (χ1n) is 7.00. The van der Waals surface area contributed by atoms with Crippen LogP contribution in [0.2, 0.25) is 5.15 Å². The smallest absolute Gasteiger partial charge is 0.157 e. The van der Waals surface area contributed by atoms with E-state index < -0.39 is 0 Å². The maximum Gasteiger partial charge on any atom is 0.157 e. The number of aryl methyl sites for hydroxylation is 1. The molecule has 3 aromatic rings. The summed E-state index contributed by atoms with van der Waals surface area (Å²) in [5, 5.41) is 5.11. The Morgan fingerprint density at radius 2 is 2.00 bits per heavy atom. The van der Waals surface area contributed by atoms with Crippen LogP contribution >= 0.6 is 11.6 Å². The van der Waals surface area contributed by atoms with Crippen molar-refractivity contribution in [2.45, 2.75) is 20.3 Å². The quantitative estimate of drug-likeness (QED) is 0.684. The third kappa shape index (κ3) is 2.59. The molecular formula is C16H16ClN3O. The first-order valence-corrected chi connectivity index (χ1v) is 7.38. The van der Waals surface area contributed by atoms with Crippen molar-refractivity contribution in [1.29, 1.82) is 0 Å². The zero-order valence-electron chi connectivity index (χ0n) is 12.0. The molecule has 4 nitrogen and oxygen atoms in total. The summed E-state index contributed by atoms with van der Waals surface area (Å²) in [7, 11) is 0. The van der Waals surface area contributed by atoms with Gasteiger partial charge >= 0.3 is 0 Å². The highest BCUT2D eigenvalue weighted by Crippen LogP contribution is 2.30. The molecule has 2 heterocycles. The standard InChI is InChI=1S/C16H16ClN3O/c1-3-11-9-15(17)20-16(18-11)10-13(19-20)12-7-5-6-8-14(12)21-4-2/h5-10H,3-4H2,1-2H3. The fourth-order valence-corrected chi connectivity index (χ4v) is 2.51. The van der Waals surface area contributed by atoms with E-state index in [2.05, 4.69) is 17.0 Å². The first kappa shape index (κ1) is 13.9. The largest absolute Gasteiger partial charge is 0.493 e. The van der Waals surface area contributed by atoms with Crippen LogP contribution in [0, 0.1) is 0 Å². The molecule has 108 valence electrons. The molecular weight excluding hydrogens is 286 g/mol. The molecule has 0 fully saturated rings. The maximum absolute atomic E-state index is 6.27. The lowest BCUT2D eigenvalue weighted by Gasteiger charge is -2.07. The monoisotopic (exact) mass is 301 g/mol. The van der Waals surface area contributed by atoms with Gasteiger partial charge in [0, 0.05) is 17.3 Å². The van der Waals surface area contributed by atoms with Gasteiger partial charge in [-0.3, -0.25) is 0 Å². The summed E-state index contributed by atoms with van der Waals surface area (Å²) in [6, 6.07) is 11.6. The molecule has 2 aromatic heterocycles. The van der Waals surface area contributed by atoms with E-state index in [1.165, 1.54) is 0 Å². The molecule has 0 N–H and O–H groups in total. The number of benzene rings is 1. The van der Waals surface area contributed by atoms with E-state index in [4.69, 9.17) is 16.3 Å². The van der Waals surface area contributed by atoms with Crippen LogP contribution in [0.4, 0.5) is 0 Å². The molecule has 0 saturated heterocycles. The van der Waals surface area contributed by atoms with Crippen LogP contribution in [0.5, 0.6) is 5.75 Å². The molecule has 1 aromatic carbocycles. The fraction of sp³-hybridized carbons (Fsp3) is 0.250. The van der Waals surface area contributed by atoms with Gasteiger partial charge in [0.25, 0.3) is 0 Å². The Hall–Kier alpha value is -2.07. The molecule has 21 heavy (non-hydrogen) atoms. The maximum atomic E-state index is 6.27. The van der Waals surface area contributed by atoms with Crippen molar-refractivity contribution < 1.29 is 4.74 Å². The highest BCUT2D eigenvalue weighted by Gasteiger charge is 2.12. The average Bonchev–Trinajstić information content (AvgIpc) is 2.92. The number of fused-ring (bicyclic) bond motifs is 1. The molecule has 0 bridgehead atoms. The van der Waals surface area contributed by atoms with E-state index in [0.717, 1.165) is 34.8 Å². The predicted molar refractivity (Wildman–Crippen MR) is 84.0 cm³/mol. The summed E-state index contributed by atoms with van der Waals surface area (Å²) in [5.74, 6) is 0.815. The van der Waals surface area contributed by atoms with E-state index in [9.17, 15) is 0 Å². The molecule has 0 aliphatic rings. The zero-order chi connectivity index (χ0) is 14.8. The second-order valence-corrected chi connectivity index (χ2v) is 5.04. The highest BCUT2D eigenvalue weighted by atomic mass is 35.5. The summed E-state index contributed by atoms with van der Waals surface area (Å²) in [6.45, 7) is 4.63. The molecule has 0 aliphatic carbocycles. The van der Waals surface area contributed by atoms with Gasteiger partial charge in [0.1, 0.15) is 10.9 Å². The number of aromatic nitrogens is 3. The molecule has 0 unspecified atom stereocenters. The lowest BCUT2D eigenvalue weighted by Crippen LogP contribution is -1.96. The summed E-state index contributed by atoms with van der Waals surface area (Å²) in [5.41, 5.74) is 3.46. The van der Waals surface area contributed by atoms with Gasteiger partial charge in [-0.25, -0.2) is 9.50 Å². The SMILES string of the molecule is CCOc1ccccc1-c1cc2nc(CC)cc(Cl)n2n1. The molecule has 0 saturated carbocycles. The Balaban J connectivity index is 2.15. The van der Waals surface area contributed by atoms with Crippen molar-refractivity contribution in [2.75, 3.05) is 6.61 Å². The third-order valence-electron chi connectivity index (χ3n) is 3.26. The number of nitrogens with zero attached hydrogens (tertiary/aromatic N) is 3. The van der Waals surface area contributed by atoms with Crippen molar-refractivity contribution >= 4 is 17.2 Å². The van der Waals surface area contributed by atoms with Crippen molar-refractivity contribution in [3.05, 3.63) is 47.2 Å².